The van der Waals surface area contributed by atoms with Crippen molar-refractivity contribution in [1.29, 1.82) is 0 Å². The molecule has 0 fully saturated rings. The number of hydrogen-bond acceptors (Lipinski definition) is 3. The molecule has 4 aromatic rings. The third kappa shape index (κ3) is 4.64. The molecule has 4 aromatic carbocycles. The molecule has 0 aliphatic carbocycles. The van der Waals surface area contributed by atoms with E-state index in [-0.39, 0.29) is 5.92 Å². The Hall–Kier alpha value is -3.00. The zero-order valence-corrected chi connectivity index (χ0v) is 20.3. The molecule has 0 unspecified atom stereocenters. The van der Waals surface area contributed by atoms with Gasteiger partial charge >= 0.3 is 10.1 Å². The van der Waals surface area contributed by atoms with Crippen LogP contribution in [-0.2, 0) is 13.7 Å². The molecule has 176 valence electrons. The predicted octanol–water partition coefficient (Wildman–Crippen LogP) is 7.69. The van der Waals surface area contributed by atoms with Crippen molar-refractivity contribution in [3.63, 3.8) is 0 Å². The highest BCUT2D eigenvalue weighted by Crippen LogP contribution is 2.70. The molecule has 0 aromatic heterocycles. The SMILES string of the molecule is CC(C)c1ccc(S(OS(=O)(=O)c2ccc(F)cc2F)(c2ccccc2)c2ccccc2)cc1. The number of hydrogen-bond donors (Lipinski definition) is 0. The molecule has 4 rings (SSSR count). The van der Waals surface area contributed by atoms with Crippen LogP contribution in [0.2, 0.25) is 0 Å². The predicted molar refractivity (Wildman–Crippen MR) is 130 cm³/mol. The van der Waals surface area contributed by atoms with Crippen molar-refractivity contribution in [2.24, 2.45) is 0 Å². The van der Waals surface area contributed by atoms with Gasteiger partial charge in [-0.25, -0.2) is 12.4 Å². The summed E-state index contributed by atoms with van der Waals surface area (Å²) in [6.07, 6.45) is 0. The normalized spacial score (nSPS) is 12.6. The summed E-state index contributed by atoms with van der Waals surface area (Å²) in [5.74, 6) is -1.79. The van der Waals surface area contributed by atoms with Crippen molar-refractivity contribution < 1.29 is 20.8 Å². The summed E-state index contributed by atoms with van der Waals surface area (Å²) in [5, 5.41) is 0. The average Bonchev–Trinajstić information content (AvgIpc) is 2.83. The number of rotatable bonds is 7. The monoisotopic (exact) mass is 498 g/mol. The van der Waals surface area contributed by atoms with E-state index in [1.54, 1.807) is 48.5 Å². The van der Waals surface area contributed by atoms with Gasteiger partial charge in [0.05, 0.1) is 0 Å². The first kappa shape index (κ1) is 24.1. The van der Waals surface area contributed by atoms with Crippen molar-refractivity contribution >= 4 is 20.4 Å². The van der Waals surface area contributed by atoms with Crippen LogP contribution in [0.25, 0.3) is 0 Å². The van der Waals surface area contributed by atoms with Gasteiger partial charge in [0.1, 0.15) is 16.5 Å². The Bertz CT molecular complexity index is 1330. The van der Waals surface area contributed by atoms with Crippen LogP contribution in [0.5, 0.6) is 0 Å². The molecular formula is C27H24F2O3S2. The maximum absolute atomic E-state index is 14.6. The smallest absolute Gasteiger partial charge is 0.207 e. The van der Waals surface area contributed by atoms with E-state index >= 15 is 0 Å². The van der Waals surface area contributed by atoms with Crippen LogP contribution < -0.4 is 0 Å². The molecular weight excluding hydrogens is 474 g/mol. The Morgan fingerprint density at radius 3 is 1.65 bits per heavy atom. The summed E-state index contributed by atoms with van der Waals surface area (Å²) in [5.41, 5.74) is 1.09. The average molecular weight is 499 g/mol. The fourth-order valence-corrected chi connectivity index (χ4v) is 8.90. The van der Waals surface area contributed by atoms with Gasteiger partial charge in [0.2, 0.25) is 0 Å². The highest BCUT2D eigenvalue weighted by Gasteiger charge is 2.39. The van der Waals surface area contributed by atoms with Gasteiger partial charge < -0.3 is 0 Å². The minimum Gasteiger partial charge on any atom is -0.207 e. The zero-order chi connectivity index (χ0) is 24.3. The molecule has 0 spiro atoms. The topological polar surface area (TPSA) is 43.4 Å². The Labute approximate surface area is 200 Å². The van der Waals surface area contributed by atoms with E-state index < -0.39 is 37.0 Å². The molecule has 0 N–H and O–H groups in total. The van der Waals surface area contributed by atoms with Gasteiger partial charge in [0, 0.05) is 20.8 Å². The molecule has 0 saturated heterocycles. The summed E-state index contributed by atoms with van der Waals surface area (Å²) in [6.45, 7) is 4.14. The van der Waals surface area contributed by atoms with Gasteiger partial charge in [-0.15, -0.1) is 0 Å². The van der Waals surface area contributed by atoms with E-state index in [0.717, 1.165) is 17.7 Å². The summed E-state index contributed by atoms with van der Waals surface area (Å²) in [4.78, 5) is 1.19. The Balaban J connectivity index is 2.00. The van der Waals surface area contributed by atoms with Crippen LogP contribution in [0.1, 0.15) is 25.3 Å². The van der Waals surface area contributed by atoms with Crippen LogP contribution >= 0.6 is 10.3 Å². The van der Waals surface area contributed by atoms with Crippen molar-refractivity contribution in [2.45, 2.75) is 39.3 Å². The van der Waals surface area contributed by atoms with Crippen LogP contribution in [0, 0.1) is 11.6 Å². The first-order chi connectivity index (χ1) is 16.2. The Kier molecular flexibility index (Phi) is 6.89. The van der Waals surface area contributed by atoms with Gasteiger partial charge in [-0.2, -0.15) is 8.42 Å². The lowest BCUT2D eigenvalue weighted by Crippen LogP contribution is -2.15. The first-order valence-electron chi connectivity index (χ1n) is 10.7. The molecule has 0 saturated carbocycles. The van der Waals surface area contributed by atoms with Gasteiger partial charge in [0.15, 0.2) is 0 Å². The van der Waals surface area contributed by atoms with Gasteiger partial charge in [-0.05, 0) is 70.3 Å². The minimum absolute atomic E-state index is 0.282. The third-order valence-corrected chi connectivity index (χ3v) is 10.6. The number of halogens is 2. The first-order valence-corrected chi connectivity index (χ1v) is 13.7. The maximum Gasteiger partial charge on any atom is 0.310 e. The largest absolute Gasteiger partial charge is 0.310 e. The Morgan fingerprint density at radius 1 is 0.676 bits per heavy atom. The summed E-state index contributed by atoms with van der Waals surface area (Å²) in [6, 6.07) is 28.0. The van der Waals surface area contributed by atoms with Crippen LogP contribution in [0.4, 0.5) is 8.78 Å². The summed E-state index contributed by atoms with van der Waals surface area (Å²) < 4.78 is 61.2. The van der Waals surface area contributed by atoms with Crippen LogP contribution in [0.3, 0.4) is 0 Å². The lowest BCUT2D eigenvalue weighted by atomic mass is 10.0. The maximum atomic E-state index is 14.6. The molecule has 0 bridgehead atoms. The van der Waals surface area contributed by atoms with Crippen LogP contribution in [0.15, 0.2) is 123 Å². The molecule has 0 aliphatic rings. The molecule has 3 nitrogen and oxygen atoms in total. The second-order valence-electron chi connectivity index (χ2n) is 8.00. The summed E-state index contributed by atoms with van der Waals surface area (Å²) in [7, 11) is -7.50. The molecule has 0 atom stereocenters. The molecule has 0 heterocycles. The van der Waals surface area contributed by atoms with Crippen molar-refractivity contribution in [3.8, 4) is 0 Å². The van der Waals surface area contributed by atoms with E-state index in [1.807, 2.05) is 36.4 Å². The standard InChI is InChI=1S/C27H24F2O3S2/c1-20(2)21-13-16-25(17-14-21)33(23-9-5-3-6-10-23,24-11-7-4-8-12-24)32-34(30,31)27-18-15-22(28)19-26(27)29/h3-20H,1-2H3. The second kappa shape index (κ2) is 9.70. The molecule has 0 amide bonds. The van der Waals surface area contributed by atoms with E-state index in [0.29, 0.717) is 20.8 Å². The van der Waals surface area contributed by atoms with Gasteiger partial charge in [0.25, 0.3) is 0 Å². The van der Waals surface area contributed by atoms with E-state index in [2.05, 4.69) is 13.8 Å². The van der Waals surface area contributed by atoms with Crippen molar-refractivity contribution in [2.75, 3.05) is 0 Å². The van der Waals surface area contributed by atoms with E-state index in [4.69, 9.17) is 3.63 Å². The van der Waals surface area contributed by atoms with Gasteiger partial charge in [-0.3, -0.25) is 0 Å². The Morgan fingerprint density at radius 2 is 1.18 bits per heavy atom. The minimum atomic E-state index is -4.64. The summed E-state index contributed by atoms with van der Waals surface area (Å²) >= 11 is 0. The van der Waals surface area contributed by atoms with E-state index in [1.165, 1.54) is 0 Å². The van der Waals surface area contributed by atoms with Crippen molar-refractivity contribution in [3.05, 3.63) is 120 Å². The lowest BCUT2D eigenvalue weighted by molar-refractivity contribution is 0.493. The molecule has 7 heteroatoms. The molecule has 34 heavy (non-hydrogen) atoms. The highest BCUT2D eigenvalue weighted by atomic mass is 32.3. The van der Waals surface area contributed by atoms with E-state index in [9.17, 15) is 17.2 Å². The third-order valence-electron chi connectivity index (χ3n) is 5.38. The van der Waals surface area contributed by atoms with Crippen molar-refractivity contribution in [1.82, 2.24) is 0 Å². The second-order valence-corrected chi connectivity index (χ2v) is 12.4. The fraction of sp³-hybridized carbons (Fsp3) is 0.111. The quantitative estimate of drug-likeness (QED) is 0.262. The number of benzene rings is 4. The highest BCUT2D eigenvalue weighted by molar-refractivity contribution is 8.33. The zero-order valence-electron chi connectivity index (χ0n) is 18.7. The van der Waals surface area contributed by atoms with Gasteiger partial charge in [-0.1, -0.05) is 62.4 Å². The molecule has 0 aliphatic heterocycles. The molecule has 0 radical (unpaired) electrons. The lowest BCUT2D eigenvalue weighted by Gasteiger charge is -2.39. The fourth-order valence-electron chi connectivity index (χ4n) is 3.64. The van der Waals surface area contributed by atoms with Crippen LogP contribution in [-0.4, -0.2) is 8.42 Å².